The Kier molecular flexibility index (Phi) is 5.34. The van der Waals surface area contributed by atoms with E-state index in [1.165, 1.54) is 6.07 Å². The summed E-state index contributed by atoms with van der Waals surface area (Å²) < 4.78 is 51.0. The fraction of sp³-hybridized carbons (Fsp3) is 0.538. The highest BCUT2D eigenvalue weighted by atomic mass is 79.9. The van der Waals surface area contributed by atoms with Crippen LogP contribution < -0.4 is 10.0 Å². The largest absolute Gasteiger partial charge is 0.310 e. The number of aryl methyl sites for hydroxylation is 1. The maximum atomic E-state index is 12.2. The minimum Gasteiger partial charge on any atom is -0.310 e. The zero-order valence-electron chi connectivity index (χ0n) is 11.5. The zero-order chi connectivity index (χ0) is 15.6. The van der Waals surface area contributed by atoms with Gasteiger partial charge in [-0.1, -0.05) is 6.07 Å². The molecular formula is C13H17BrF2N2O2S. The van der Waals surface area contributed by atoms with E-state index in [4.69, 9.17) is 0 Å². The van der Waals surface area contributed by atoms with Crippen LogP contribution in [-0.2, 0) is 16.6 Å². The molecule has 1 aliphatic rings. The monoisotopic (exact) mass is 382 g/mol. The van der Waals surface area contributed by atoms with E-state index < -0.39 is 23.0 Å². The lowest BCUT2D eigenvalue weighted by molar-refractivity contribution is 0.153. The van der Waals surface area contributed by atoms with Crippen LogP contribution in [0.5, 0.6) is 0 Å². The van der Waals surface area contributed by atoms with Gasteiger partial charge in [-0.05, 0) is 52.9 Å². The van der Waals surface area contributed by atoms with Crippen LogP contribution >= 0.6 is 15.9 Å². The van der Waals surface area contributed by atoms with E-state index >= 15 is 0 Å². The highest BCUT2D eigenvalue weighted by molar-refractivity contribution is 9.10. The summed E-state index contributed by atoms with van der Waals surface area (Å²) in [7, 11) is -3.96. The number of hydrogen-bond donors (Lipinski definition) is 2. The summed E-state index contributed by atoms with van der Waals surface area (Å²) >= 11 is 3.22. The predicted octanol–water partition coefficient (Wildman–Crippen LogP) is 2.55. The second kappa shape index (κ2) is 6.68. The maximum absolute atomic E-state index is 12.2. The first kappa shape index (κ1) is 16.8. The molecule has 118 valence electrons. The van der Waals surface area contributed by atoms with Gasteiger partial charge in [0, 0.05) is 17.1 Å². The Morgan fingerprint density at radius 2 is 2.05 bits per heavy atom. The molecule has 0 aliphatic heterocycles. The van der Waals surface area contributed by atoms with Crippen LogP contribution in [0.3, 0.4) is 0 Å². The average molecular weight is 383 g/mol. The van der Waals surface area contributed by atoms with E-state index in [-0.39, 0.29) is 4.90 Å². The van der Waals surface area contributed by atoms with Gasteiger partial charge in [0.1, 0.15) is 0 Å². The third-order valence-electron chi connectivity index (χ3n) is 3.17. The number of halogens is 3. The summed E-state index contributed by atoms with van der Waals surface area (Å²) in [5.41, 5.74) is 1.57. The summed E-state index contributed by atoms with van der Waals surface area (Å²) in [4.78, 5) is -0.00394. The lowest BCUT2D eigenvalue weighted by atomic mass is 10.1. The summed E-state index contributed by atoms with van der Waals surface area (Å²) in [6.45, 7) is 1.45. The third kappa shape index (κ3) is 4.70. The van der Waals surface area contributed by atoms with Crippen LogP contribution in [0.4, 0.5) is 8.78 Å². The van der Waals surface area contributed by atoms with Gasteiger partial charge < -0.3 is 5.32 Å². The zero-order valence-corrected chi connectivity index (χ0v) is 13.9. The van der Waals surface area contributed by atoms with Crippen molar-refractivity contribution in [3.05, 3.63) is 27.7 Å². The fourth-order valence-corrected chi connectivity index (χ4v) is 3.98. The van der Waals surface area contributed by atoms with Gasteiger partial charge in [0.25, 0.3) is 6.43 Å². The number of sulfonamides is 1. The topological polar surface area (TPSA) is 58.2 Å². The first-order valence-corrected chi connectivity index (χ1v) is 8.87. The molecule has 1 fully saturated rings. The van der Waals surface area contributed by atoms with Gasteiger partial charge in [-0.3, -0.25) is 0 Å². The van der Waals surface area contributed by atoms with Gasteiger partial charge in [0.15, 0.2) is 0 Å². The van der Waals surface area contributed by atoms with Crippen molar-refractivity contribution in [2.45, 2.75) is 43.7 Å². The Labute approximate surface area is 131 Å². The standard InChI is InChI=1S/C13H17BrF2N2O2S/c1-8-4-9(6-17-10-2-3-10)5-11(13(8)14)21(19,20)18-7-12(15)16/h4-5,10,12,17-18H,2-3,6-7H2,1H3. The number of rotatable bonds is 7. The third-order valence-corrected chi connectivity index (χ3v) is 5.93. The van der Waals surface area contributed by atoms with E-state index in [0.717, 1.165) is 24.0 Å². The quantitative estimate of drug-likeness (QED) is 0.761. The molecular weight excluding hydrogens is 366 g/mol. The van der Waals surface area contributed by atoms with Gasteiger partial charge in [0.05, 0.1) is 11.4 Å². The van der Waals surface area contributed by atoms with Crippen molar-refractivity contribution in [3.8, 4) is 0 Å². The molecule has 0 amide bonds. The maximum Gasteiger partial charge on any atom is 0.251 e. The van der Waals surface area contributed by atoms with Crippen LogP contribution in [0.25, 0.3) is 0 Å². The molecule has 21 heavy (non-hydrogen) atoms. The van der Waals surface area contributed by atoms with Crippen molar-refractivity contribution in [3.63, 3.8) is 0 Å². The Morgan fingerprint density at radius 1 is 1.38 bits per heavy atom. The van der Waals surface area contributed by atoms with Crippen molar-refractivity contribution in [2.24, 2.45) is 0 Å². The molecule has 0 bridgehead atoms. The van der Waals surface area contributed by atoms with Gasteiger partial charge in [-0.15, -0.1) is 0 Å². The molecule has 1 saturated carbocycles. The van der Waals surface area contributed by atoms with Gasteiger partial charge in [0.2, 0.25) is 10.0 Å². The van der Waals surface area contributed by atoms with Crippen molar-refractivity contribution in [1.29, 1.82) is 0 Å². The van der Waals surface area contributed by atoms with Gasteiger partial charge >= 0.3 is 0 Å². The molecule has 0 radical (unpaired) electrons. The number of benzene rings is 1. The van der Waals surface area contributed by atoms with Crippen LogP contribution in [-0.4, -0.2) is 27.4 Å². The van der Waals surface area contributed by atoms with Crippen LogP contribution in [0.2, 0.25) is 0 Å². The van der Waals surface area contributed by atoms with E-state index in [0.29, 0.717) is 17.1 Å². The van der Waals surface area contributed by atoms with E-state index in [1.54, 1.807) is 6.92 Å². The molecule has 1 aromatic carbocycles. The van der Waals surface area contributed by atoms with Crippen molar-refractivity contribution >= 4 is 26.0 Å². The lowest BCUT2D eigenvalue weighted by Gasteiger charge is -2.13. The second-order valence-electron chi connectivity index (χ2n) is 5.12. The van der Waals surface area contributed by atoms with Crippen LogP contribution in [0.1, 0.15) is 24.0 Å². The van der Waals surface area contributed by atoms with E-state index in [1.807, 2.05) is 10.8 Å². The van der Waals surface area contributed by atoms with Gasteiger partial charge in [-0.25, -0.2) is 21.9 Å². The summed E-state index contributed by atoms with van der Waals surface area (Å²) in [5.74, 6) is 0. The Hall–Kier alpha value is -0.570. The normalized spacial score (nSPS) is 15.7. The SMILES string of the molecule is Cc1cc(CNC2CC2)cc(S(=O)(=O)NCC(F)F)c1Br. The van der Waals surface area contributed by atoms with E-state index in [2.05, 4.69) is 21.2 Å². The van der Waals surface area contributed by atoms with Crippen molar-refractivity contribution < 1.29 is 17.2 Å². The highest BCUT2D eigenvalue weighted by Crippen LogP contribution is 2.28. The average Bonchev–Trinajstić information content (AvgIpc) is 3.21. The number of nitrogens with one attached hydrogen (secondary N) is 2. The molecule has 1 aliphatic carbocycles. The summed E-state index contributed by atoms with van der Waals surface area (Å²) in [5, 5.41) is 3.30. The van der Waals surface area contributed by atoms with Gasteiger partial charge in [-0.2, -0.15) is 0 Å². The van der Waals surface area contributed by atoms with Crippen molar-refractivity contribution in [1.82, 2.24) is 10.0 Å². The molecule has 0 spiro atoms. The first-order chi connectivity index (χ1) is 9.79. The molecule has 4 nitrogen and oxygen atoms in total. The summed E-state index contributed by atoms with van der Waals surface area (Å²) in [6, 6.07) is 3.90. The molecule has 0 unspecified atom stereocenters. The first-order valence-electron chi connectivity index (χ1n) is 6.60. The second-order valence-corrected chi connectivity index (χ2v) is 7.65. The van der Waals surface area contributed by atoms with Crippen LogP contribution in [0.15, 0.2) is 21.5 Å². The van der Waals surface area contributed by atoms with E-state index in [9.17, 15) is 17.2 Å². The minimum atomic E-state index is -3.96. The molecule has 0 heterocycles. The molecule has 2 rings (SSSR count). The predicted molar refractivity (Wildman–Crippen MR) is 79.9 cm³/mol. The Balaban J connectivity index is 2.23. The molecule has 0 atom stereocenters. The molecule has 0 aromatic heterocycles. The smallest absolute Gasteiger partial charge is 0.251 e. The summed E-state index contributed by atoms with van der Waals surface area (Å²) in [6.07, 6.45) is -0.452. The highest BCUT2D eigenvalue weighted by Gasteiger charge is 2.23. The molecule has 1 aromatic rings. The number of hydrogen-bond acceptors (Lipinski definition) is 3. The molecule has 2 N–H and O–H groups in total. The molecule has 8 heteroatoms. The minimum absolute atomic E-state index is 0.00394. The number of alkyl halides is 2. The van der Waals surface area contributed by atoms with Crippen LogP contribution in [0, 0.1) is 6.92 Å². The van der Waals surface area contributed by atoms with Crippen molar-refractivity contribution in [2.75, 3.05) is 6.54 Å². The fourth-order valence-electron chi connectivity index (χ4n) is 1.91. The Bertz CT molecular complexity index is 619. The lowest BCUT2D eigenvalue weighted by Crippen LogP contribution is -2.29. The Morgan fingerprint density at radius 3 is 2.62 bits per heavy atom. The molecule has 0 saturated heterocycles.